The van der Waals surface area contributed by atoms with Gasteiger partial charge in [0.25, 0.3) is 0 Å². The number of fused-ring (bicyclic) bond motifs is 1. The molecule has 0 fully saturated rings. The standard InChI is InChI=1S/C21H17NO2/c1-23-17-12-13-19-18(14-17)22-21(24-19)20(15-8-4-2-5-9-15)16-10-6-3-7-11-16/h2-14,20H,1H3. The van der Waals surface area contributed by atoms with E-state index in [9.17, 15) is 0 Å². The lowest BCUT2D eigenvalue weighted by Crippen LogP contribution is -2.03. The highest BCUT2D eigenvalue weighted by molar-refractivity contribution is 5.74. The van der Waals surface area contributed by atoms with Crippen molar-refractivity contribution in [1.82, 2.24) is 4.98 Å². The molecule has 1 heterocycles. The third-order valence-corrected chi connectivity index (χ3v) is 4.12. The first-order valence-electron chi connectivity index (χ1n) is 7.89. The molecule has 0 spiro atoms. The monoisotopic (exact) mass is 315 g/mol. The Morgan fingerprint density at radius 2 is 1.46 bits per heavy atom. The molecule has 0 aliphatic carbocycles. The zero-order valence-electron chi connectivity index (χ0n) is 13.3. The molecule has 0 radical (unpaired) electrons. The second kappa shape index (κ2) is 6.20. The number of hydrogen-bond acceptors (Lipinski definition) is 3. The molecule has 0 bridgehead atoms. The molecular weight excluding hydrogens is 298 g/mol. The number of oxazole rings is 1. The molecule has 0 aliphatic heterocycles. The van der Waals surface area contributed by atoms with Crippen LogP contribution in [-0.2, 0) is 0 Å². The van der Waals surface area contributed by atoms with E-state index in [4.69, 9.17) is 14.1 Å². The van der Waals surface area contributed by atoms with E-state index in [-0.39, 0.29) is 5.92 Å². The van der Waals surface area contributed by atoms with E-state index in [1.165, 1.54) is 0 Å². The fourth-order valence-corrected chi connectivity index (χ4v) is 2.94. The number of methoxy groups -OCH3 is 1. The van der Waals surface area contributed by atoms with Gasteiger partial charge in [0.15, 0.2) is 5.58 Å². The number of hydrogen-bond donors (Lipinski definition) is 0. The van der Waals surface area contributed by atoms with Gasteiger partial charge in [-0.1, -0.05) is 60.7 Å². The highest BCUT2D eigenvalue weighted by atomic mass is 16.5. The average Bonchev–Trinajstić information content (AvgIpc) is 3.06. The van der Waals surface area contributed by atoms with Gasteiger partial charge in [-0.05, 0) is 23.3 Å². The maximum Gasteiger partial charge on any atom is 0.207 e. The second-order valence-corrected chi connectivity index (χ2v) is 5.64. The molecule has 24 heavy (non-hydrogen) atoms. The first-order chi connectivity index (χ1) is 11.8. The summed E-state index contributed by atoms with van der Waals surface area (Å²) in [5, 5.41) is 0. The predicted octanol–water partition coefficient (Wildman–Crippen LogP) is 5.02. The van der Waals surface area contributed by atoms with E-state index in [1.54, 1.807) is 7.11 Å². The summed E-state index contributed by atoms with van der Waals surface area (Å²) in [5.41, 5.74) is 3.88. The van der Waals surface area contributed by atoms with Crippen molar-refractivity contribution in [2.45, 2.75) is 5.92 Å². The SMILES string of the molecule is COc1ccc2oc(C(c3ccccc3)c3ccccc3)nc2c1. The van der Waals surface area contributed by atoms with E-state index < -0.39 is 0 Å². The van der Waals surface area contributed by atoms with E-state index in [2.05, 4.69) is 24.3 Å². The van der Waals surface area contributed by atoms with Crippen LogP contribution in [0.4, 0.5) is 0 Å². The van der Waals surface area contributed by atoms with Gasteiger partial charge in [-0.3, -0.25) is 0 Å². The molecule has 3 aromatic carbocycles. The lowest BCUT2D eigenvalue weighted by Gasteiger charge is -2.14. The third-order valence-electron chi connectivity index (χ3n) is 4.12. The van der Waals surface area contributed by atoms with Gasteiger partial charge in [0.1, 0.15) is 11.3 Å². The van der Waals surface area contributed by atoms with Crippen LogP contribution in [0, 0.1) is 0 Å². The Morgan fingerprint density at radius 3 is 2.04 bits per heavy atom. The van der Waals surface area contributed by atoms with Gasteiger partial charge < -0.3 is 9.15 Å². The first kappa shape index (κ1) is 14.5. The van der Waals surface area contributed by atoms with Gasteiger partial charge in [-0.15, -0.1) is 0 Å². The molecule has 1 aromatic heterocycles. The van der Waals surface area contributed by atoms with E-state index >= 15 is 0 Å². The molecule has 3 nitrogen and oxygen atoms in total. The lowest BCUT2D eigenvalue weighted by atomic mass is 9.91. The zero-order chi connectivity index (χ0) is 16.4. The molecular formula is C21H17NO2. The Balaban J connectivity index is 1.87. The van der Waals surface area contributed by atoms with E-state index in [1.807, 2.05) is 54.6 Å². The summed E-state index contributed by atoms with van der Waals surface area (Å²) in [6.45, 7) is 0. The summed E-state index contributed by atoms with van der Waals surface area (Å²) in [6, 6.07) is 26.3. The second-order valence-electron chi connectivity index (χ2n) is 5.64. The molecule has 0 N–H and O–H groups in total. The van der Waals surface area contributed by atoms with Gasteiger partial charge in [-0.25, -0.2) is 4.98 Å². The number of rotatable bonds is 4. The molecule has 3 heteroatoms. The van der Waals surface area contributed by atoms with Crippen molar-refractivity contribution in [3.8, 4) is 5.75 Å². The molecule has 0 aliphatic rings. The van der Waals surface area contributed by atoms with Gasteiger partial charge in [0.05, 0.1) is 13.0 Å². The third kappa shape index (κ3) is 2.65. The summed E-state index contributed by atoms with van der Waals surface area (Å²) < 4.78 is 11.4. The smallest absolute Gasteiger partial charge is 0.207 e. The molecule has 0 amide bonds. The Bertz CT molecular complexity index is 906. The molecule has 4 aromatic rings. The number of aromatic nitrogens is 1. The number of benzene rings is 3. The summed E-state index contributed by atoms with van der Waals surface area (Å²) >= 11 is 0. The van der Waals surface area contributed by atoms with Crippen LogP contribution < -0.4 is 4.74 Å². The quantitative estimate of drug-likeness (QED) is 0.530. The minimum atomic E-state index is -0.0363. The maximum absolute atomic E-state index is 6.07. The Morgan fingerprint density at radius 1 is 0.833 bits per heavy atom. The van der Waals surface area contributed by atoms with Gasteiger partial charge in [0.2, 0.25) is 5.89 Å². The highest BCUT2D eigenvalue weighted by Gasteiger charge is 2.22. The van der Waals surface area contributed by atoms with Crippen molar-refractivity contribution in [3.63, 3.8) is 0 Å². The van der Waals surface area contributed by atoms with Crippen LogP contribution in [0.2, 0.25) is 0 Å². The molecule has 0 unspecified atom stereocenters. The van der Waals surface area contributed by atoms with Crippen LogP contribution in [0.5, 0.6) is 5.75 Å². The van der Waals surface area contributed by atoms with Crippen LogP contribution in [-0.4, -0.2) is 12.1 Å². The Kier molecular flexibility index (Phi) is 3.75. The summed E-state index contributed by atoms with van der Waals surface area (Å²) in [5.74, 6) is 1.43. The largest absolute Gasteiger partial charge is 0.497 e. The van der Waals surface area contributed by atoms with Crippen LogP contribution in [0.25, 0.3) is 11.1 Å². The molecule has 0 saturated heterocycles. The van der Waals surface area contributed by atoms with Crippen molar-refractivity contribution >= 4 is 11.1 Å². The van der Waals surface area contributed by atoms with Gasteiger partial charge >= 0.3 is 0 Å². The molecule has 4 rings (SSSR count). The minimum absolute atomic E-state index is 0.0363. The van der Waals surface area contributed by atoms with Crippen molar-refractivity contribution in [2.24, 2.45) is 0 Å². The van der Waals surface area contributed by atoms with Crippen molar-refractivity contribution in [1.29, 1.82) is 0 Å². The normalized spacial score (nSPS) is 11.1. The number of ether oxygens (including phenoxy) is 1. The fourth-order valence-electron chi connectivity index (χ4n) is 2.94. The van der Waals surface area contributed by atoms with Crippen LogP contribution in [0.3, 0.4) is 0 Å². The maximum atomic E-state index is 6.07. The Labute approximate surface area is 140 Å². The average molecular weight is 315 g/mol. The predicted molar refractivity (Wildman–Crippen MR) is 94.4 cm³/mol. The lowest BCUT2D eigenvalue weighted by molar-refractivity contribution is 0.415. The molecule has 0 atom stereocenters. The van der Waals surface area contributed by atoms with E-state index in [0.29, 0.717) is 5.89 Å². The van der Waals surface area contributed by atoms with Crippen LogP contribution >= 0.6 is 0 Å². The van der Waals surface area contributed by atoms with E-state index in [0.717, 1.165) is 28.0 Å². The van der Waals surface area contributed by atoms with Crippen molar-refractivity contribution in [2.75, 3.05) is 7.11 Å². The summed E-state index contributed by atoms with van der Waals surface area (Å²) in [7, 11) is 1.65. The van der Waals surface area contributed by atoms with Gasteiger partial charge in [0, 0.05) is 6.07 Å². The highest BCUT2D eigenvalue weighted by Crippen LogP contribution is 2.33. The van der Waals surface area contributed by atoms with Crippen molar-refractivity contribution < 1.29 is 9.15 Å². The molecule has 118 valence electrons. The summed E-state index contributed by atoms with van der Waals surface area (Å²) in [6.07, 6.45) is 0. The van der Waals surface area contributed by atoms with Crippen LogP contribution in [0.1, 0.15) is 22.9 Å². The number of nitrogens with zero attached hydrogens (tertiary/aromatic N) is 1. The summed E-state index contributed by atoms with van der Waals surface area (Å²) in [4.78, 5) is 4.73. The van der Waals surface area contributed by atoms with Crippen LogP contribution in [0.15, 0.2) is 83.3 Å². The molecule has 0 saturated carbocycles. The minimum Gasteiger partial charge on any atom is -0.497 e. The fraction of sp³-hybridized carbons (Fsp3) is 0.0952. The zero-order valence-corrected chi connectivity index (χ0v) is 13.3. The van der Waals surface area contributed by atoms with Crippen molar-refractivity contribution in [3.05, 3.63) is 95.9 Å². The first-order valence-corrected chi connectivity index (χ1v) is 7.89. The Hall–Kier alpha value is -3.07. The van der Waals surface area contributed by atoms with Gasteiger partial charge in [-0.2, -0.15) is 0 Å². The topological polar surface area (TPSA) is 35.3 Å².